The molecule has 1 aromatic rings. The molecule has 0 radical (unpaired) electrons. The molecule has 0 aromatic heterocycles. The third-order valence-electron chi connectivity index (χ3n) is 5.39. The molecule has 0 saturated heterocycles. The lowest BCUT2D eigenvalue weighted by Gasteiger charge is -2.19. The van der Waals surface area contributed by atoms with E-state index >= 15 is 0 Å². The Morgan fingerprint density at radius 1 is 1.05 bits per heavy atom. The Bertz CT molecular complexity index is 466. The summed E-state index contributed by atoms with van der Waals surface area (Å²) in [4.78, 5) is 0. The monoisotopic (exact) mass is 290 g/mol. The quantitative estimate of drug-likeness (QED) is 0.855. The molecule has 1 aliphatic rings. The second kappa shape index (κ2) is 6.10. The number of benzene rings is 1. The molecule has 21 heavy (non-hydrogen) atoms. The van der Waals surface area contributed by atoms with Crippen LogP contribution >= 0.6 is 0 Å². The van der Waals surface area contributed by atoms with Crippen molar-refractivity contribution in [2.45, 2.75) is 51.9 Å². The molecular weight excluding hydrogens is 260 g/mol. The van der Waals surface area contributed by atoms with E-state index in [0.29, 0.717) is 23.7 Å². The number of hydrogen-bond acceptors (Lipinski definition) is 2. The Balaban J connectivity index is 2.43. The van der Waals surface area contributed by atoms with Crippen LogP contribution in [-0.2, 0) is 10.2 Å². The fraction of sp³-hybridized carbons (Fsp3) is 0.684. The van der Waals surface area contributed by atoms with Crippen molar-refractivity contribution in [3.8, 4) is 0 Å². The van der Waals surface area contributed by atoms with Gasteiger partial charge in [-0.15, -0.1) is 0 Å². The molecule has 1 aliphatic carbocycles. The normalized spacial score (nSPS) is 28.4. The number of aliphatic hydroxyl groups excluding tert-OH is 1. The molecule has 0 bridgehead atoms. The molecule has 118 valence electrons. The summed E-state index contributed by atoms with van der Waals surface area (Å²) in [5.41, 5.74) is 4.23. The predicted molar refractivity (Wildman–Crippen MR) is 87.9 cm³/mol. The molecule has 1 saturated carbocycles. The Hall–Kier alpha value is -0.860. The van der Waals surface area contributed by atoms with Crippen LogP contribution in [0.5, 0.6) is 0 Å². The van der Waals surface area contributed by atoms with Gasteiger partial charge in [-0.2, -0.15) is 0 Å². The largest absolute Gasteiger partial charge is 0.396 e. The molecule has 2 rings (SSSR count). The van der Waals surface area contributed by atoms with Crippen molar-refractivity contribution in [3.05, 3.63) is 34.9 Å². The number of aliphatic hydroxyl groups is 1. The summed E-state index contributed by atoms with van der Waals surface area (Å²) in [7, 11) is 1.75. The SMILES string of the molecule is COCC1C(CO)[C@]1(C)c1cc(C(C)C)cc(C(C)C)c1. The molecule has 1 fully saturated rings. The third kappa shape index (κ3) is 2.89. The fourth-order valence-corrected chi connectivity index (χ4v) is 3.57. The van der Waals surface area contributed by atoms with Crippen LogP contribution in [0.15, 0.2) is 18.2 Å². The van der Waals surface area contributed by atoms with Crippen LogP contribution in [0.1, 0.15) is 63.1 Å². The predicted octanol–water partition coefficient (Wildman–Crippen LogP) is 4.08. The lowest BCUT2D eigenvalue weighted by molar-refractivity contribution is 0.169. The zero-order chi connectivity index (χ0) is 15.8. The first-order chi connectivity index (χ1) is 9.86. The van der Waals surface area contributed by atoms with E-state index < -0.39 is 0 Å². The third-order valence-corrected chi connectivity index (χ3v) is 5.39. The minimum atomic E-state index is 0.0549. The zero-order valence-corrected chi connectivity index (χ0v) is 14.3. The van der Waals surface area contributed by atoms with Crippen molar-refractivity contribution in [3.63, 3.8) is 0 Å². The maximum atomic E-state index is 9.70. The van der Waals surface area contributed by atoms with E-state index in [1.54, 1.807) is 7.11 Å². The maximum absolute atomic E-state index is 9.70. The van der Waals surface area contributed by atoms with Gasteiger partial charge in [-0.1, -0.05) is 52.8 Å². The lowest BCUT2D eigenvalue weighted by atomic mass is 9.86. The summed E-state index contributed by atoms with van der Waals surface area (Å²) in [6, 6.07) is 7.02. The lowest BCUT2D eigenvalue weighted by Crippen LogP contribution is -2.11. The zero-order valence-electron chi connectivity index (χ0n) is 14.3. The minimum Gasteiger partial charge on any atom is -0.396 e. The number of hydrogen-bond donors (Lipinski definition) is 1. The highest BCUT2D eigenvalue weighted by Crippen LogP contribution is 2.60. The summed E-state index contributed by atoms with van der Waals surface area (Å²) in [5.74, 6) is 1.80. The Morgan fingerprint density at radius 3 is 1.95 bits per heavy atom. The van der Waals surface area contributed by atoms with Gasteiger partial charge in [-0.25, -0.2) is 0 Å². The second-order valence-electron chi connectivity index (χ2n) is 7.33. The van der Waals surface area contributed by atoms with Crippen LogP contribution in [0, 0.1) is 11.8 Å². The van der Waals surface area contributed by atoms with Crippen LogP contribution in [0.3, 0.4) is 0 Å². The van der Waals surface area contributed by atoms with Crippen LogP contribution in [-0.4, -0.2) is 25.4 Å². The number of rotatable bonds is 6. The van der Waals surface area contributed by atoms with Crippen LogP contribution in [0.4, 0.5) is 0 Å². The van der Waals surface area contributed by atoms with Crippen molar-refractivity contribution in [2.24, 2.45) is 11.8 Å². The molecule has 0 amide bonds. The van der Waals surface area contributed by atoms with Gasteiger partial charge in [0, 0.05) is 19.1 Å². The van der Waals surface area contributed by atoms with Crippen LogP contribution in [0.25, 0.3) is 0 Å². The number of ether oxygens (including phenoxy) is 1. The van der Waals surface area contributed by atoms with Gasteiger partial charge in [-0.05, 0) is 40.4 Å². The van der Waals surface area contributed by atoms with Gasteiger partial charge in [0.1, 0.15) is 0 Å². The average molecular weight is 290 g/mol. The Labute approximate surface area is 129 Å². The minimum absolute atomic E-state index is 0.0549. The van der Waals surface area contributed by atoms with Gasteiger partial charge >= 0.3 is 0 Å². The molecular formula is C19H30O2. The Kier molecular flexibility index (Phi) is 4.79. The van der Waals surface area contributed by atoms with Gasteiger partial charge in [0.2, 0.25) is 0 Å². The summed E-state index contributed by atoms with van der Waals surface area (Å²) in [5, 5.41) is 9.70. The van der Waals surface area contributed by atoms with E-state index in [2.05, 4.69) is 52.8 Å². The van der Waals surface area contributed by atoms with E-state index in [-0.39, 0.29) is 12.0 Å². The molecule has 1 N–H and O–H groups in total. The summed E-state index contributed by atoms with van der Waals surface area (Å²) >= 11 is 0. The van der Waals surface area contributed by atoms with E-state index in [0.717, 1.165) is 6.61 Å². The molecule has 0 aliphatic heterocycles. The molecule has 0 spiro atoms. The first-order valence-electron chi connectivity index (χ1n) is 8.11. The van der Waals surface area contributed by atoms with Crippen molar-refractivity contribution < 1.29 is 9.84 Å². The van der Waals surface area contributed by atoms with Crippen LogP contribution in [0.2, 0.25) is 0 Å². The highest BCUT2D eigenvalue weighted by atomic mass is 16.5. The van der Waals surface area contributed by atoms with E-state index in [4.69, 9.17) is 4.74 Å². The van der Waals surface area contributed by atoms with Gasteiger partial charge < -0.3 is 9.84 Å². The van der Waals surface area contributed by atoms with E-state index in [1.165, 1.54) is 16.7 Å². The van der Waals surface area contributed by atoms with Crippen molar-refractivity contribution in [1.82, 2.24) is 0 Å². The molecule has 2 heteroatoms. The van der Waals surface area contributed by atoms with Gasteiger partial charge in [0.05, 0.1) is 6.61 Å². The number of methoxy groups -OCH3 is 1. The van der Waals surface area contributed by atoms with Crippen LogP contribution < -0.4 is 0 Å². The highest BCUT2D eigenvalue weighted by Gasteiger charge is 2.61. The smallest absolute Gasteiger partial charge is 0.0502 e. The molecule has 2 unspecified atom stereocenters. The topological polar surface area (TPSA) is 29.5 Å². The highest BCUT2D eigenvalue weighted by molar-refractivity contribution is 5.43. The second-order valence-corrected chi connectivity index (χ2v) is 7.33. The van der Waals surface area contributed by atoms with Gasteiger partial charge in [0.25, 0.3) is 0 Å². The molecule has 3 atom stereocenters. The van der Waals surface area contributed by atoms with Crippen molar-refractivity contribution in [2.75, 3.05) is 20.3 Å². The summed E-state index contributed by atoms with van der Waals surface area (Å²) in [6.45, 7) is 12.2. The standard InChI is InChI=1S/C19H30O2/c1-12(2)14-7-15(13(3)4)9-16(8-14)19(5)17(10-20)18(19)11-21-6/h7-9,12-13,17-18,20H,10-11H2,1-6H3/t17?,18?,19-/m0/s1. The van der Waals surface area contributed by atoms with Crippen molar-refractivity contribution >= 4 is 0 Å². The summed E-state index contributed by atoms with van der Waals surface area (Å²) in [6.07, 6.45) is 0. The first-order valence-corrected chi connectivity index (χ1v) is 8.11. The summed E-state index contributed by atoms with van der Waals surface area (Å²) < 4.78 is 5.36. The first kappa shape index (κ1) is 16.5. The fourth-order valence-electron chi connectivity index (χ4n) is 3.57. The van der Waals surface area contributed by atoms with Gasteiger partial charge in [0.15, 0.2) is 0 Å². The van der Waals surface area contributed by atoms with Crippen molar-refractivity contribution in [1.29, 1.82) is 0 Å². The maximum Gasteiger partial charge on any atom is 0.0502 e. The molecule has 2 nitrogen and oxygen atoms in total. The molecule has 1 aromatic carbocycles. The Morgan fingerprint density at radius 2 is 1.57 bits per heavy atom. The van der Waals surface area contributed by atoms with E-state index in [1.807, 2.05) is 0 Å². The van der Waals surface area contributed by atoms with Gasteiger partial charge in [-0.3, -0.25) is 0 Å². The molecule has 0 heterocycles. The average Bonchev–Trinajstić information content (AvgIpc) is 3.03. The van der Waals surface area contributed by atoms with E-state index in [9.17, 15) is 5.11 Å².